The fraction of sp³-hybridized carbons (Fsp3) is 0.333. The van der Waals surface area contributed by atoms with E-state index in [4.69, 9.17) is 0 Å². The van der Waals surface area contributed by atoms with Gasteiger partial charge in [0.05, 0.1) is 18.6 Å². The van der Waals surface area contributed by atoms with Crippen LogP contribution in [0.3, 0.4) is 0 Å². The van der Waals surface area contributed by atoms with Gasteiger partial charge in [0, 0.05) is 24.4 Å². The number of rotatable bonds is 5. The molecular weight excluding hydrogens is 287 g/mol. The number of alkyl halides is 3. The summed E-state index contributed by atoms with van der Waals surface area (Å²) in [5.41, 5.74) is 0.480. The van der Waals surface area contributed by atoms with E-state index in [1.54, 1.807) is 0 Å². The molecule has 2 aromatic heterocycles. The number of H-pyrrole nitrogens is 1. The minimum Gasteiger partial charge on any atom is -0.349 e. The van der Waals surface area contributed by atoms with Crippen LogP contribution in [0.4, 0.5) is 19.1 Å². The first-order valence-corrected chi connectivity index (χ1v) is 6.08. The molecule has 9 heteroatoms. The molecule has 0 bridgehead atoms. The zero-order valence-electron chi connectivity index (χ0n) is 10.8. The maximum absolute atomic E-state index is 12.1. The average Bonchev–Trinajstić information content (AvgIpc) is 2.43. The monoisotopic (exact) mass is 299 g/mol. The number of aromatic nitrogens is 4. The quantitative estimate of drug-likeness (QED) is 0.877. The van der Waals surface area contributed by atoms with Crippen molar-refractivity contribution < 1.29 is 13.2 Å². The highest BCUT2D eigenvalue weighted by Gasteiger charge is 2.26. The Morgan fingerprint density at radius 2 is 2.05 bits per heavy atom. The van der Waals surface area contributed by atoms with Crippen molar-refractivity contribution in [1.82, 2.24) is 19.9 Å². The van der Waals surface area contributed by atoms with E-state index in [0.717, 1.165) is 0 Å². The molecule has 0 amide bonds. The highest BCUT2D eigenvalue weighted by Crippen LogP contribution is 2.21. The van der Waals surface area contributed by atoms with Crippen molar-refractivity contribution in [3.8, 4) is 0 Å². The van der Waals surface area contributed by atoms with Gasteiger partial charge in [-0.1, -0.05) is 0 Å². The summed E-state index contributed by atoms with van der Waals surface area (Å²) in [6.45, 7) is 0.201. The van der Waals surface area contributed by atoms with Crippen LogP contribution in [0.1, 0.15) is 17.8 Å². The summed E-state index contributed by atoms with van der Waals surface area (Å²) in [7, 11) is 0. The third-order valence-electron chi connectivity index (χ3n) is 2.54. The highest BCUT2D eigenvalue weighted by atomic mass is 19.4. The van der Waals surface area contributed by atoms with E-state index in [9.17, 15) is 18.0 Å². The summed E-state index contributed by atoms with van der Waals surface area (Å²) >= 11 is 0. The molecule has 0 spiro atoms. The maximum atomic E-state index is 12.1. The van der Waals surface area contributed by atoms with Gasteiger partial charge < -0.3 is 10.3 Å². The van der Waals surface area contributed by atoms with Crippen molar-refractivity contribution in [3.63, 3.8) is 0 Å². The third-order valence-corrected chi connectivity index (χ3v) is 2.54. The number of aromatic amines is 1. The van der Waals surface area contributed by atoms with Crippen LogP contribution < -0.4 is 10.9 Å². The van der Waals surface area contributed by atoms with E-state index >= 15 is 0 Å². The molecule has 2 heterocycles. The number of nitrogens with zero attached hydrogens (tertiary/aromatic N) is 3. The zero-order valence-corrected chi connectivity index (χ0v) is 10.8. The van der Waals surface area contributed by atoms with Crippen LogP contribution in [-0.4, -0.2) is 26.1 Å². The van der Waals surface area contributed by atoms with E-state index in [-0.39, 0.29) is 24.5 Å². The SMILES string of the molecule is O=c1cc(CNc2nccc(CCC(F)(F)F)n2)nc[nH]1. The molecule has 21 heavy (non-hydrogen) atoms. The summed E-state index contributed by atoms with van der Waals surface area (Å²) < 4.78 is 36.4. The summed E-state index contributed by atoms with van der Waals surface area (Å²) in [5, 5.41) is 2.81. The predicted octanol–water partition coefficient (Wildman–Crippen LogP) is 1.67. The fourth-order valence-corrected chi connectivity index (χ4v) is 1.57. The Morgan fingerprint density at radius 3 is 2.76 bits per heavy atom. The first-order chi connectivity index (χ1) is 9.92. The van der Waals surface area contributed by atoms with Gasteiger partial charge in [0.2, 0.25) is 5.95 Å². The number of aryl methyl sites for hydroxylation is 1. The van der Waals surface area contributed by atoms with Crippen LogP contribution in [0.15, 0.2) is 29.5 Å². The van der Waals surface area contributed by atoms with Crippen LogP contribution in [-0.2, 0) is 13.0 Å². The summed E-state index contributed by atoms with van der Waals surface area (Å²) in [6, 6.07) is 2.74. The molecule has 2 rings (SSSR count). The molecule has 0 aliphatic rings. The van der Waals surface area contributed by atoms with Gasteiger partial charge in [-0.05, 0) is 12.5 Å². The number of anilines is 1. The predicted molar refractivity (Wildman–Crippen MR) is 68.6 cm³/mol. The molecule has 0 aliphatic heterocycles. The zero-order chi connectivity index (χ0) is 15.3. The molecule has 112 valence electrons. The first kappa shape index (κ1) is 14.9. The van der Waals surface area contributed by atoms with Crippen LogP contribution >= 0.6 is 0 Å². The van der Waals surface area contributed by atoms with Crippen molar-refractivity contribution in [2.75, 3.05) is 5.32 Å². The molecule has 0 fully saturated rings. The number of halogens is 3. The second-order valence-electron chi connectivity index (χ2n) is 4.24. The van der Waals surface area contributed by atoms with Crippen LogP contribution in [0, 0.1) is 0 Å². The first-order valence-electron chi connectivity index (χ1n) is 6.08. The molecule has 0 atom stereocenters. The van der Waals surface area contributed by atoms with E-state index < -0.39 is 12.6 Å². The Kier molecular flexibility index (Phi) is 4.51. The molecular formula is C12H12F3N5O. The summed E-state index contributed by atoms with van der Waals surface area (Å²) in [4.78, 5) is 25.3. The van der Waals surface area contributed by atoms with Crippen molar-refractivity contribution in [1.29, 1.82) is 0 Å². The highest BCUT2D eigenvalue weighted by molar-refractivity contribution is 5.26. The van der Waals surface area contributed by atoms with Crippen LogP contribution in [0.25, 0.3) is 0 Å². The van der Waals surface area contributed by atoms with Gasteiger partial charge in [0.25, 0.3) is 5.56 Å². The van der Waals surface area contributed by atoms with E-state index in [1.807, 2.05) is 0 Å². The lowest BCUT2D eigenvalue weighted by molar-refractivity contribution is -0.134. The van der Waals surface area contributed by atoms with E-state index in [2.05, 4.69) is 25.3 Å². The van der Waals surface area contributed by atoms with E-state index in [0.29, 0.717) is 11.4 Å². The smallest absolute Gasteiger partial charge is 0.349 e. The average molecular weight is 299 g/mol. The molecule has 0 radical (unpaired) electrons. The lowest BCUT2D eigenvalue weighted by atomic mass is 10.2. The lowest BCUT2D eigenvalue weighted by Crippen LogP contribution is -2.12. The van der Waals surface area contributed by atoms with Crippen LogP contribution in [0.2, 0.25) is 0 Å². The molecule has 0 aliphatic carbocycles. The molecule has 0 aromatic carbocycles. The van der Waals surface area contributed by atoms with Crippen molar-refractivity contribution in [2.45, 2.75) is 25.6 Å². The molecule has 6 nitrogen and oxygen atoms in total. The van der Waals surface area contributed by atoms with Gasteiger partial charge in [-0.3, -0.25) is 4.79 Å². The maximum Gasteiger partial charge on any atom is 0.389 e. The normalized spacial score (nSPS) is 11.4. The summed E-state index contributed by atoms with van der Waals surface area (Å²) in [5.74, 6) is 0.191. The minimum absolute atomic E-state index is 0.191. The molecule has 2 N–H and O–H groups in total. The molecule has 0 saturated heterocycles. The number of nitrogens with one attached hydrogen (secondary N) is 2. The minimum atomic E-state index is -4.21. The largest absolute Gasteiger partial charge is 0.389 e. The van der Waals surface area contributed by atoms with E-state index in [1.165, 1.54) is 24.7 Å². The van der Waals surface area contributed by atoms with Crippen molar-refractivity contribution >= 4 is 5.95 Å². The number of hydrogen-bond acceptors (Lipinski definition) is 5. The third kappa shape index (κ3) is 5.21. The fourth-order valence-electron chi connectivity index (χ4n) is 1.57. The second-order valence-corrected chi connectivity index (χ2v) is 4.24. The lowest BCUT2D eigenvalue weighted by Gasteiger charge is -2.07. The van der Waals surface area contributed by atoms with Gasteiger partial charge in [0.15, 0.2) is 0 Å². The number of hydrogen-bond donors (Lipinski definition) is 2. The van der Waals surface area contributed by atoms with Gasteiger partial charge in [0.1, 0.15) is 0 Å². The Balaban J connectivity index is 1.96. The van der Waals surface area contributed by atoms with Crippen molar-refractivity contribution in [2.24, 2.45) is 0 Å². The Hall–Kier alpha value is -2.45. The van der Waals surface area contributed by atoms with Gasteiger partial charge in [-0.25, -0.2) is 15.0 Å². The van der Waals surface area contributed by atoms with Gasteiger partial charge >= 0.3 is 6.18 Å². The van der Waals surface area contributed by atoms with Crippen LogP contribution in [0.5, 0.6) is 0 Å². The Morgan fingerprint density at radius 1 is 1.24 bits per heavy atom. The molecule has 0 saturated carbocycles. The Labute approximate surface area is 117 Å². The molecule has 2 aromatic rings. The molecule has 0 unspecified atom stereocenters. The second kappa shape index (κ2) is 6.33. The standard InChI is InChI=1S/C12H12F3N5O/c13-12(14,15)3-1-8-2-4-16-11(20-8)17-6-9-5-10(21)19-7-18-9/h2,4-5,7H,1,3,6H2,(H,16,17,20)(H,18,19,21). The Bertz CT molecular complexity index is 656. The van der Waals surface area contributed by atoms with Crippen molar-refractivity contribution in [3.05, 3.63) is 46.4 Å². The van der Waals surface area contributed by atoms with Gasteiger partial charge in [-0.15, -0.1) is 0 Å². The van der Waals surface area contributed by atoms with Gasteiger partial charge in [-0.2, -0.15) is 13.2 Å². The topological polar surface area (TPSA) is 83.6 Å². The summed E-state index contributed by atoms with van der Waals surface area (Å²) in [6.07, 6.45) is -2.71.